The SMILES string of the molecule is CCN1C(=O)[C@H](CC(=O)Nc2ccc(C)cc2C)SC1=Nc1ccccc1. The van der Waals surface area contributed by atoms with Crippen molar-refractivity contribution < 1.29 is 9.59 Å². The van der Waals surface area contributed by atoms with Crippen LogP contribution in [0.4, 0.5) is 11.4 Å². The number of nitrogens with zero attached hydrogens (tertiary/aromatic N) is 2. The van der Waals surface area contributed by atoms with Crippen molar-refractivity contribution in [1.29, 1.82) is 0 Å². The van der Waals surface area contributed by atoms with E-state index in [0.717, 1.165) is 22.5 Å². The summed E-state index contributed by atoms with van der Waals surface area (Å²) in [5.41, 5.74) is 3.74. The van der Waals surface area contributed by atoms with Gasteiger partial charge in [-0.3, -0.25) is 14.5 Å². The van der Waals surface area contributed by atoms with Crippen LogP contribution in [0.1, 0.15) is 24.5 Å². The van der Waals surface area contributed by atoms with Crippen molar-refractivity contribution >= 4 is 40.1 Å². The smallest absolute Gasteiger partial charge is 0.242 e. The van der Waals surface area contributed by atoms with Crippen LogP contribution in [-0.2, 0) is 9.59 Å². The number of para-hydroxylation sites is 1. The zero-order valence-corrected chi connectivity index (χ0v) is 16.5. The maximum absolute atomic E-state index is 12.7. The summed E-state index contributed by atoms with van der Waals surface area (Å²) in [6.45, 7) is 6.42. The van der Waals surface area contributed by atoms with Gasteiger partial charge in [-0.1, -0.05) is 47.7 Å². The Labute approximate surface area is 163 Å². The molecule has 1 N–H and O–H groups in total. The molecule has 0 radical (unpaired) electrons. The molecule has 140 valence electrons. The molecule has 1 saturated heterocycles. The average Bonchev–Trinajstić information content (AvgIpc) is 2.92. The summed E-state index contributed by atoms with van der Waals surface area (Å²) in [7, 11) is 0. The van der Waals surface area contributed by atoms with Crippen LogP contribution in [0.2, 0.25) is 0 Å². The van der Waals surface area contributed by atoms with E-state index >= 15 is 0 Å². The number of amides is 2. The molecule has 0 aromatic heterocycles. The highest BCUT2D eigenvalue weighted by Crippen LogP contribution is 2.31. The highest BCUT2D eigenvalue weighted by molar-refractivity contribution is 8.15. The van der Waals surface area contributed by atoms with E-state index in [0.29, 0.717) is 11.7 Å². The van der Waals surface area contributed by atoms with E-state index in [9.17, 15) is 9.59 Å². The minimum Gasteiger partial charge on any atom is -0.326 e. The summed E-state index contributed by atoms with van der Waals surface area (Å²) >= 11 is 1.36. The average molecular weight is 382 g/mol. The molecular formula is C21H23N3O2S. The van der Waals surface area contributed by atoms with Crippen LogP contribution in [0, 0.1) is 13.8 Å². The number of thioether (sulfide) groups is 1. The molecule has 0 saturated carbocycles. The molecule has 0 spiro atoms. The number of carbonyl (C=O) groups excluding carboxylic acids is 2. The Bertz CT molecular complexity index is 880. The molecule has 1 aliphatic heterocycles. The van der Waals surface area contributed by atoms with Gasteiger partial charge in [0.1, 0.15) is 5.25 Å². The number of carbonyl (C=O) groups is 2. The number of anilines is 1. The fourth-order valence-electron chi connectivity index (χ4n) is 2.95. The lowest BCUT2D eigenvalue weighted by atomic mass is 10.1. The molecule has 1 heterocycles. The van der Waals surface area contributed by atoms with Crippen molar-refractivity contribution in [1.82, 2.24) is 4.90 Å². The van der Waals surface area contributed by atoms with Crippen LogP contribution in [0.3, 0.4) is 0 Å². The zero-order chi connectivity index (χ0) is 19.4. The molecule has 27 heavy (non-hydrogen) atoms. The quantitative estimate of drug-likeness (QED) is 0.841. The summed E-state index contributed by atoms with van der Waals surface area (Å²) in [5, 5.41) is 3.12. The molecule has 2 amide bonds. The molecule has 5 nitrogen and oxygen atoms in total. The van der Waals surface area contributed by atoms with Crippen LogP contribution in [-0.4, -0.2) is 33.7 Å². The van der Waals surface area contributed by atoms with Crippen LogP contribution in [0.25, 0.3) is 0 Å². The molecule has 0 unspecified atom stereocenters. The lowest BCUT2D eigenvalue weighted by Crippen LogP contribution is -2.33. The minimum absolute atomic E-state index is 0.0621. The third-order valence-electron chi connectivity index (χ3n) is 4.34. The Morgan fingerprint density at radius 2 is 1.93 bits per heavy atom. The normalized spacial score (nSPS) is 18.2. The number of rotatable bonds is 5. The van der Waals surface area contributed by atoms with Gasteiger partial charge in [0.15, 0.2) is 5.17 Å². The van der Waals surface area contributed by atoms with E-state index in [-0.39, 0.29) is 18.2 Å². The van der Waals surface area contributed by atoms with E-state index < -0.39 is 5.25 Å². The maximum Gasteiger partial charge on any atom is 0.242 e. The van der Waals surface area contributed by atoms with Crippen LogP contribution in [0.5, 0.6) is 0 Å². The molecule has 6 heteroatoms. The lowest BCUT2D eigenvalue weighted by molar-refractivity contribution is -0.128. The summed E-state index contributed by atoms with van der Waals surface area (Å²) in [5.74, 6) is -0.224. The van der Waals surface area contributed by atoms with Gasteiger partial charge in [0.2, 0.25) is 11.8 Å². The molecule has 1 atom stereocenters. The van der Waals surface area contributed by atoms with Gasteiger partial charge in [-0.2, -0.15) is 0 Å². The number of benzene rings is 2. The van der Waals surface area contributed by atoms with Gasteiger partial charge < -0.3 is 5.32 Å². The van der Waals surface area contributed by atoms with E-state index in [4.69, 9.17) is 0 Å². The van der Waals surface area contributed by atoms with E-state index in [1.54, 1.807) is 4.90 Å². The van der Waals surface area contributed by atoms with Crippen molar-refractivity contribution in [3.63, 3.8) is 0 Å². The molecule has 0 bridgehead atoms. The largest absolute Gasteiger partial charge is 0.326 e. The number of hydrogen-bond acceptors (Lipinski definition) is 4. The number of hydrogen-bond donors (Lipinski definition) is 1. The van der Waals surface area contributed by atoms with Crippen molar-refractivity contribution in [2.75, 3.05) is 11.9 Å². The van der Waals surface area contributed by atoms with E-state index in [1.165, 1.54) is 11.8 Å². The third-order valence-corrected chi connectivity index (χ3v) is 5.52. The second kappa shape index (κ2) is 8.39. The molecule has 2 aromatic carbocycles. The minimum atomic E-state index is -0.446. The highest BCUT2D eigenvalue weighted by Gasteiger charge is 2.38. The maximum atomic E-state index is 12.7. The van der Waals surface area contributed by atoms with Crippen LogP contribution < -0.4 is 5.32 Å². The number of nitrogens with one attached hydrogen (secondary N) is 1. The highest BCUT2D eigenvalue weighted by atomic mass is 32.2. The van der Waals surface area contributed by atoms with Gasteiger partial charge in [-0.25, -0.2) is 4.99 Å². The van der Waals surface area contributed by atoms with E-state index in [2.05, 4.69) is 10.3 Å². The fourth-order valence-corrected chi connectivity index (χ4v) is 4.17. The first-order chi connectivity index (χ1) is 13.0. The summed E-state index contributed by atoms with van der Waals surface area (Å²) in [6.07, 6.45) is 0.126. The second-order valence-electron chi connectivity index (χ2n) is 6.49. The van der Waals surface area contributed by atoms with Gasteiger partial charge in [-0.15, -0.1) is 0 Å². The Morgan fingerprint density at radius 1 is 1.19 bits per heavy atom. The van der Waals surface area contributed by atoms with Crippen molar-refractivity contribution in [3.8, 4) is 0 Å². The van der Waals surface area contributed by atoms with Crippen molar-refractivity contribution in [2.45, 2.75) is 32.4 Å². The van der Waals surface area contributed by atoms with Crippen molar-refractivity contribution in [3.05, 3.63) is 59.7 Å². The predicted octanol–water partition coefficient (Wildman–Crippen LogP) is 4.28. The second-order valence-corrected chi connectivity index (χ2v) is 7.66. The molecule has 2 aromatic rings. The molecule has 1 fully saturated rings. The number of aliphatic imine (C=N–C) groups is 1. The molecule has 0 aliphatic carbocycles. The Morgan fingerprint density at radius 3 is 2.59 bits per heavy atom. The first kappa shape index (κ1) is 19.2. The first-order valence-electron chi connectivity index (χ1n) is 8.97. The topological polar surface area (TPSA) is 61.8 Å². The van der Waals surface area contributed by atoms with E-state index in [1.807, 2.05) is 69.3 Å². The Balaban J connectivity index is 1.70. The van der Waals surface area contributed by atoms with Crippen molar-refractivity contribution in [2.24, 2.45) is 4.99 Å². The monoisotopic (exact) mass is 381 g/mol. The van der Waals surface area contributed by atoms with Gasteiger partial charge in [0.05, 0.1) is 5.69 Å². The summed E-state index contributed by atoms with van der Waals surface area (Å²) < 4.78 is 0. The zero-order valence-electron chi connectivity index (χ0n) is 15.7. The molecule has 3 rings (SSSR count). The molecular weight excluding hydrogens is 358 g/mol. The third kappa shape index (κ3) is 4.57. The Hall–Kier alpha value is -2.60. The standard InChI is InChI=1S/C21H23N3O2S/c1-4-24-20(26)18(27-21(24)22-16-8-6-5-7-9-16)13-19(25)23-17-11-10-14(2)12-15(17)3/h5-12,18H,4,13H2,1-3H3,(H,23,25)/t18-/m0/s1. The van der Waals surface area contributed by atoms with Crippen LogP contribution >= 0.6 is 11.8 Å². The lowest BCUT2D eigenvalue weighted by Gasteiger charge is -2.13. The van der Waals surface area contributed by atoms with Crippen LogP contribution in [0.15, 0.2) is 53.5 Å². The van der Waals surface area contributed by atoms with Gasteiger partial charge in [0, 0.05) is 18.7 Å². The number of aryl methyl sites for hydroxylation is 2. The van der Waals surface area contributed by atoms with Gasteiger partial charge in [0.25, 0.3) is 0 Å². The Kier molecular flexibility index (Phi) is 5.96. The summed E-state index contributed by atoms with van der Waals surface area (Å²) in [6, 6.07) is 15.4. The number of amidine groups is 1. The fraction of sp³-hybridized carbons (Fsp3) is 0.286. The molecule has 1 aliphatic rings. The summed E-state index contributed by atoms with van der Waals surface area (Å²) in [4.78, 5) is 31.4. The van der Waals surface area contributed by atoms with Gasteiger partial charge in [-0.05, 0) is 44.5 Å². The van der Waals surface area contributed by atoms with Gasteiger partial charge >= 0.3 is 0 Å². The first-order valence-corrected chi connectivity index (χ1v) is 9.84. The predicted molar refractivity (Wildman–Crippen MR) is 111 cm³/mol.